The second kappa shape index (κ2) is 3.79. The number of carbonyl (C=O) groups excluding carboxylic acids is 1. The third-order valence-corrected chi connectivity index (χ3v) is 3.00. The Morgan fingerprint density at radius 2 is 2.00 bits per heavy atom. The van der Waals surface area contributed by atoms with Gasteiger partial charge in [0.25, 0.3) is 0 Å². The Morgan fingerprint density at radius 1 is 1.31 bits per heavy atom. The molecule has 1 aliphatic rings. The topological polar surface area (TPSA) is 61.5 Å². The maximum absolute atomic E-state index is 11.0. The van der Waals surface area contributed by atoms with Gasteiger partial charge in [0.05, 0.1) is 19.8 Å². The summed E-state index contributed by atoms with van der Waals surface area (Å²) < 4.78 is 10.4. The van der Waals surface area contributed by atoms with E-state index in [9.17, 15) is 4.79 Å². The van der Waals surface area contributed by atoms with E-state index in [1.54, 1.807) is 13.2 Å². The predicted molar refractivity (Wildman–Crippen MR) is 60.0 cm³/mol. The van der Waals surface area contributed by atoms with Crippen LogP contribution in [0.15, 0.2) is 12.1 Å². The molecular weight excluding hydrogens is 206 g/mol. The highest BCUT2D eigenvalue weighted by Crippen LogP contribution is 2.45. The number of methoxy groups -OCH3 is 2. The molecule has 0 unspecified atom stereocenters. The van der Waals surface area contributed by atoms with Crippen LogP contribution in [0.25, 0.3) is 0 Å². The lowest BCUT2D eigenvalue weighted by atomic mass is 10.0. The van der Waals surface area contributed by atoms with Gasteiger partial charge in [-0.3, -0.25) is 4.79 Å². The van der Waals surface area contributed by atoms with Crippen LogP contribution in [0.5, 0.6) is 11.5 Å². The highest BCUT2D eigenvalue weighted by molar-refractivity contribution is 5.82. The minimum absolute atomic E-state index is 0.280. The Kier molecular flexibility index (Phi) is 2.59. The highest BCUT2D eigenvalue weighted by atomic mass is 16.5. The van der Waals surface area contributed by atoms with Gasteiger partial charge in [0.1, 0.15) is 0 Å². The lowest BCUT2D eigenvalue weighted by molar-refractivity contribution is 0.112. The van der Waals surface area contributed by atoms with Gasteiger partial charge in [-0.25, -0.2) is 0 Å². The van der Waals surface area contributed by atoms with Gasteiger partial charge in [0.15, 0.2) is 17.8 Å². The van der Waals surface area contributed by atoms with Crippen LogP contribution in [-0.4, -0.2) is 20.5 Å². The van der Waals surface area contributed by atoms with E-state index in [1.165, 1.54) is 7.11 Å². The molecule has 4 heteroatoms. The lowest BCUT2D eigenvalue weighted by Crippen LogP contribution is -2.19. The van der Waals surface area contributed by atoms with Gasteiger partial charge in [-0.15, -0.1) is 0 Å². The molecule has 1 aliphatic carbocycles. The molecule has 0 heterocycles. The molecule has 0 bridgehead atoms. The summed E-state index contributed by atoms with van der Waals surface area (Å²) in [4.78, 5) is 11.0. The van der Waals surface area contributed by atoms with Crippen molar-refractivity contribution in [3.05, 3.63) is 23.3 Å². The fraction of sp³-hybridized carbons (Fsp3) is 0.417. The van der Waals surface area contributed by atoms with E-state index >= 15 is 0 Å². The van der Waals surface area contributed by atoms with Crippen molar-refractivity contribution in [1.29, 1.82) is 0 Å². The van der Waals surface area contributed by atoms with E-state index in [-0.39, 0.29) is 5.54 Å². The molecule has 86 valence electrons. The van der Waals surface area contributed by atoms with Crippen LogP contribution in [0.4, 0.5) is 0 Å². The normalized spacial score (nSPS) is 16.7. The van der Waals surface area contributed by atoms with E-state index in [0.717, 1.165) is 24.7 Å². The first-order chi connectivity index (χ1) is 7.64. The van der Waals surface area contributed by atoms with Crippen LogP contribution in [0.2, 0.25) is 0 Å². The predicted octanol–water partition coefficient (Wildman–Crippen LogP) is 1.46. The molecule has 1 saturated carbocycles. The fourth-order valence-electron chi connectivity index (χ4n) is 1.79. The molecule has 1 aromatic rings. The van der Waals surface area contributed by atoms with Crippen LogP contribution < -0.4 is 15.2 Å². The molecule has 1 fully saturated rings. The largest absolute Gasteiger partial charge is 0.493 e. The van der Waals surface area contributed by atoms with E-state index in [1.807, 2.05) is 6.07 Å². The van der Waals surface area contributed by atoms with E-state index in [4.69, 9.17) is 15.2 Å². The van der Waals surface area contributed by atoms with E-state index in [2.05, 4.69) is 0 Å². The quantitative estimate of drug-likeness (QED) is 0.782. The Labute approximate surface area is 94.3 Å². The second-order valence-electron chi connectivity index (χ2n) is 4.07. The number of hydrogen-bond donors (Lipinski definition) is 1. The summed E-state index contributed by atoms with van der Waals surface area (Å²) >= 11 is 0. The third kappa shape index (κ3) is 1.65. The number of rotatable bonds is 4. The maximum Gasteiger partial charge on any atom is 0.171 e. The average molecular weight is 221 g/mol. The lowest BCUT2D eigenvalue weighted by Gasteiger charge is -2.15. The zero-order valence-electron chi connectivity index (χ0n) is 9.45. The Bertz CT molecular complexity index is 425. The van der Waals surface area contributed by atoms with Crippen molar-refractivity contribution in [1.82, 2.24) is 0 Å². The molecule has 1 aromatic carbocycles. The SMILES string of the molecule is COc1cc(C2(N)CC2)cc(C=O)c1OC. The minimum Gasteiger partial charge on any atom is -0.493 e. The Hall–Kier alpha value is -1.55. The average Bonchev–Trinajstić information content (AvgIpc) is 3.06. The van der Waals surface area contributed by atoms with Crippen molar-refractivity contribution in [2.24, 2.45) is 5.73 Å². The number of ether oxygens (including phenoxy) is 2. The van der Waals surface area contributed by atoms with Gasteiger partial charge in [-0.1, -0.05) is 0 Å². The first-order valence-corrected chi connectivity index (χ1v) is 5.15. The monoisotopic (exact) mass is 221 g/mol. The zero-order valence-corrected chi connectivity index (χ0v) is 9.45. The molecule has 0 saturated heterocycles. The number of hydrogen-bond acceptors (Lipinski definition) is 4. The molecule has 0 amide bonds. The number of nitrogens with two attached hydrogens (primary N) is 1. The van der Waals surface area contributed by atoms with Crippen molar-refractivity contribution >= 4 is 6.29 Å². The summed E-state index contributed by atoms with van der Waals surface area (Å²) in [6.07, 6.45) is 2.65. The number of carbonyl (C=O) groups is 1. The van der Waals surface area contributed by atoms with Gasteiger partial charge in [-0.2, -0.15) is 0 Å². The molecule has 0 radical (unpaired) electrons. The standard InChI is InChI=1S/C12H15NO3/c1-15-10-6-9(12(13)3-4-12)5-8(7-14)11(10)16-2/h5-7H,3-4,13H2,1-2H3. The molecule has 2 rings (SSSR count). The van der Waals surface area contributed by atoms with Crippen LogP contribution in [0.3, 0.4) is 0 Å². The molecule has 2 N–H and O–H groups in total. The van der Waals surface area contributed by atoms with Crippen LogP contribution in [-0.2, 0) is 5.54 Å². The summed E-state index contributed by atoms with van der Waals surface area (Å²) in [5, 5.41) is 0. The first kappa shape index (κ1) is 11.0. The molecule has 0 spiro atoms. The molecule has 4 nitrogen and oxygen atoms in total. The molecule has 16 heavy (non-hydrogen) atoms. The molecular formula is C12H15NO3. The van der Waals surface area contributed by atoms with Crippen molar-refractivity contribution < 1.29 is 14.3 Å². The summed E-state index contributed by atoms with van der Waals surface area (Å²) in [7, 11) is 3.06. The van der Waals surface area contributed by atoms with Crippen molar-refractivity contribution in [3.8, 4) is 11.5 Å². The van der Waals surface area contributed by atoms with Crippen molar-refractivity contribution in [2.45, 2.75) is 18.4 Å². The fourth-order valence-corrected chi connectivity index (χ4v) is 1.79. The van der Waals surface area contributed by atoms with Gasteiger partial charge in [0.2, 0.25) is 0 Å². The van der Waals surface area contributed by atoms with Gasteiger partial charge in [-0.05, 0) is 30.5 Å². The number of benzene rings is 1. The van der Waals surface area contributed by atoms with Crippen LogP contribution in [0.1, 0.15) is 28.8 Å². The summed E-state index contributed by atoms with van der Waals surface area (Å²) in [5.41, 5.74) is 7.23. The minimum atomic E-state index is -0.280. The van der Waals surface area contributed by atoms with Gasteiger partial charge >= 0.3 is 0 Å². The Balaban J connectivity index is 2.54. The Morgan fingerprint density at radius 3 is 2.44 bits per heavy atom. The van der Waals surface area contributed by atoms with Crippen LogP contribution >= 0.6 is 0 Å². The second-order valence-corrected chi connectivity index (χ2v) is 4.07. The van der Waals surface area contributed by atoms with E-state index < -0.39 is 0 Å². The maximum atomic E-state index is 11.0. The first-order valence-electron chi connectivity index (χ1n) is 5.15. The summed E-state index contributed by atoms with van der Waals surface area (Å²) in [5.74, 6) is 1.02. The van der Waals surface area contributed by atoms with Crippen molar-refractivity contribution in [2.75, 3.05) is 14.2 Å². The summed E-state index contributed by atoms with van der Waals surface area (Å²) in [6, 6.07) is 3.63. The van der Waals surface area contributed by atoms with Crippen LogP contribution in [0, 0.1) is 0 Å². The highest BCUT2D eigenvalue weighted by Gasteiger charge is 2.40. The number of aldehydes is 1. The third-order valence-electron chi connectivity index (χ3n) is 3.00. The van der Waals surface area contributed by atoms with Crippen molar-refractivity contribution in [3.63, 3.8) is 0 Å². The van der Waals surface area contributed by atoms with E-state index in [0.29, 0.717) is 17.1 Å². The smallest absolute Gasteiger partial charge is 0.171 e. The summed E-state index contributed by atoms with van der Waals surface area (Å²) in [6.45, 7) is 0. The molecule has 0 atom stereocenters. The van der Waals surface area contributed by atoms with Gasteiger partial charge in [0, 0.05) is 5.54 Å². The zero-order chi connectivity index (χ0) is 11.8. The van der Waals surface area contributed by atoms with Gasteiger partial charge < -0.3 is 15.2 Å². The molecule has 0 aliphatic heterocycles. The molecule has 0 aromatic heterocycles.